The molecule has 0 amide bonds. The van der Waals surface area contributed by atoms with Crippen LogP contribution in [0.15, 0.2) is 46.2 Å². The van der Waals surface area contributed by atoms with E-state index >= 15 is 0 Å². The molecular weight excluding hydrogens is 394 g/mol. The number of nitrogens with zero attached hydrogens (tertiary/aromatic N) is 3. The molecule has 2 rings (SSSR count). The van der Waals surface area contributed by atoms with Crippen molar-refractivity contribution in [2.24, 2.45) is 5.92 Å². The molecule has 1 aromatic heterocycles. The maximum atomic E-state index is 12.9. The summed E-state index contributed by atoms with van der Waals surface area (Å²) in [6.07, 6.45) is 2.61. The molecule has 29 heavy (non-hydrogen) atoms. The molecule has 158 valence electrons. The van der Waals surface area contributed by atoms with Crippen LogP contribution in [-0.4, -0.2) is 46.4 Å². The minimum Gasteiger partial charge on any atom is -0.480 e. The molecule has 0 saturated heterocycles. The van der Waals surface area contributed by atoms with E-state index in [4.69, 9.17) is 0 Å². The second-order valence-corrected chi connectivity index (χ2v) is 8.97. The van der Waals surface area contributed by atoms with Crippen molar-refractivity contribution in [3.05, 3.63) is 58.3 Å². The lowest BCUT2D eigenvalue weighted by Crippen LogP contribution is -2.46. The van der Waals surface area contributed by atoms with Crippen LogP contribution in [0.1, 0.15) is 38.6 Å². The molecule has 0 aliphatic rings. The number of hydrogen-bond donors (Lipinski definition) is 1. The zero-order valence-electron chi connectivity index (χ0n) is 17.1. The fourth-order valence-electron chi connectivity index (χ4n) is 3.17. The van der Waals surface area contributed by atoms with Crippen molar-refractivity contribution >= 4 is 16.0 Å². The van der Waals surface area contributed by atoms with Gasteiger partial charge in [-0.2, -0.15) is 4.31 Å². The molecule has 2 atom stereocenters. The van der Waals surface area contributed by atoms with Gasteiger partial charge in [-0.25, -0.2) is 13.4 Å². The van der Waals surface area contributed by atoms with Gasteiger partial charge in [0.2, 0.25) is 10.0 Å². The molecule has 0 aliphatic heterocycles. The van der Waals surface area contributed by atoms with Crippen LogP contribution in [-0.2, 0) is 27.8 Å². The van der Waals surface area contributed by atoms with Crippen LogP contribution in [0.4, 0.5) is 0 Å². The van der Waals surface area contributed by atoms with E-state index in [0.717, 1.165) is 9.87 Å². The molecule has 0 bridgehead atoms. The molecule has 0 saturated carbocycles. The van der Waals surface area contributed by atoms with Crippen molar-refractivity contribution in [3.8, 4) is 0 Å². The van der Waals surface area contributed by atoms with Gasteiger partial charge in [0.15, 0.2) is 0 Å². The lowest BCUT2D eigenvalue weighted by molar-refractivity contribution is -0.142. The van der Waals surface area contributed by atoms with Crippen molar-refractivity contribution in [2.45, 2.75) is 51.1 Å². The van der Waals surface area contributed by atoms with Crippen LogP contribution >= 0.6 is 0 Å². The van der Waals surface area contributed by atoms with Gasteiger partial charge in [0.05, 0.1) is 11.4 Å². The van der Waals surface area contributed by atoms with Crippen molar-refractivity contribution in [1.29, 1.82) is 0 Å². The fraction of sp³-hybridized carbons (Fsp3) is 0.450. The quantitative estimate of drug-likeness (QED) is 0.663. The number of aryl methyl sites for hydroxylation is 1. The number of hydrogen-bond acceptors (Lipinski definition) is 5. The van der Waals surface area contributed by atoms with Crippen molar-refractivity contribution in [3.63, 3.8) is 0 Å². The first kappa shape index (κ1) is 22.8. The summed E-state index contributed by atoms with van der Waals surface area (Å²) in [6, 6.07) is 6.35. The lowest BCUT2D eigenvalue weighted by atomic mass is 10.00. The van der Waals surface area contributed by atoms with Gasteiger partial charge < -0.3 is 5.11 Å². The van der Waals surface area contributed by atoms with E-state index in [1.807, 2.05) is 13.8 Å². The molecule has 9 heteroatoms. The fourth-order valence-corrected chi connectivity index (χ4v) is 4.58. The molecule has 0 radical (unpaired) electrons. The topological polar surface area (TPSA) is 110 Å². The van der Waals surface area contributed by atoms with Gasteiger partial charge in [0, 0.05) is 25.7 Å². The largest absolute Gasteiger partial charge is 0.480 e. The number of rotatable bonds is 9. The maximum absolute atomic E-state index is 12.9. The van der Waals surface area contributed by atoms with E-state index in [1.54, 1.807) is 23.6 Å². The molecule has 2 aromatic rings. The highest BCUT2D eigenvalue weighted by Crippen LogP contribution is 2.22. The first-order valence-corrected chi connectivity index (χ1v) is 10.9. The highest BCUT2D eigenvalue weighted by Gasteiger charge is 2.35. The summed E-state index contributed by atoms with van der Waals surface area (Å²) >= 11 is 0. The summed E-state index contributed by atoms with van der Waals surface area (Å²) in [6.45, 7) is 5.71. The van der Waals surface area contributed by atoms with Crippen molar-refractivity contribution in [2.75, 3.05) is 7.05 Å². The van der Waals surface area contributed by atoms with Gasteiger partial charge in [0.1, 0.15) is 11.9 Å². The SMILES string of the molecule is CCc1nccc(=O)n1Cc1ccc(S(=O)(=O)N(C)[C@@H](C(=O)O)[C@H](C)CC)cc1. The summed E-state index contributed by atoms with van der Waals surface area (Å²) in [7, 11) is -2.69. The average Bonchev–Trinajstić information content (AvgIpc) is 2.69. The number of carbonyl (C=O) groups is 1. The number of carboxylic acids is 1. The Kier molecular flexibility index (Phi) is 7.32. The van der Waals surface area contributed by atoms with Crippen LogP contribution in [0.2, 0.25) is 0 Å². The van der Waals surface area contributed by atoms with Crippen molar-refractivity contribution < 1.29 is 18.3 Å². The number of aromatic nitrogens is 2. The van der Waals surface area contributed by atoms with Gasteiger partial charge in [-0.3, -0.25) is 14.2 Å². The predicted molar refractivity (Wildman–Crippen MR) is 109 cm³/mol. The molecule has 0 fully saturated rings. The van der Waals surface area contributed by atoms with Crippen LogP contribution in [0, 0.1) is 5.92 Å². The number of carboxylic acid groups (broad SMARTS) is 1. The van der Waals surface area contributed by atoms with Crippen LogP contribution in [0.5, 0.6) is 0 Å². The lowest BCUT2D eigenvalue weighted by Gasteiger charge is -2.28. The standard InChI is InChI=1S/C20H27N3O5S/c1-5-14(3)19(20(25)26)22(4)29(27,28)16-9-7-15(8-10-16)13-23-17(6-2)21-12-11-18(23)24/h7-12,14,19H,5-6,13H2,1-4H3,(H,25,26)/t14-,19-/m1/s1. The molecular formula is C20H27N3O5S. The Morgan fingerprint density at radius 1 is 1.21 bits per heavy atom. The highest BCUT2D eigenvalue weighted by atomic mass is 32.2. The third-order valence-corrected chi connectivity index (χ3v) is 6.96. The Labute approximate surface area is 170 Å². The van der Waals surface area contributed by atoms with Crippen LogP contribution < -0.4 is 5.56 Å². The van der Waals surface area contributed by atoms with Crippen LogP contribution in [0.3, 0.4) is 0 Å². The summed E-state index contributed by atoms with van der Waals surface area (Å²) in [5, 5.41) is 9.49. The van der Waals surface area contributed by atoms with Gasteiger partial charge in [-0.05, 0) is 23.6 Å². The molecule has 1 N–H and O–H groups in total. The van der Waals surface area contributed by atoms with Gasteiger partial charge in [-0.1, -0.05) is 39.3 Å². The molecule has 1 heterocycles. The summed E-state index contributed by atoms with van der Waals surface area (Å²) in [5.41, 5.74) is 0.569. The van der Waals surface area contributed by atoms with Gasteiger partial charge in [-0.15, -0.1) is 0 Å². The molecule has 0 unspecified atom stereocenters. The second-order valence-electron chi connectivity index (χ2n) is 6.97. The highest BCUT2D eigenvalue weighted by molar-refractivity contribution is 7.89. The number of likely N-dealkylation sites (N-methyl/N-ethyl adjacent to an activating group) is 1. The normalized spacial score (nSPS) is 14.0. The van der Waals surface area contributed by atoms with E-state index < -0.39 is 22.0 Å². The zero-order valence-corrected chi connectivity index (χ0v) is 17.9. The zero-order chi connectivity index (χ0) is 21.8. The number of benzene rings is 1. The minimum atomic E-state index is -3.98. The Hall–Kier alpha value is -2.52. The average molecular weight is 422 g/mol. The minimum absolute atomic E-state index is 0.00699. The Balaban J connectivity index is 2.32. The first-order valence-electron chi connectivity index (χ1n) is 9.47. The monoisotopic (exact) mass is 421 g/mol. The van der Waals surface area contributed by atoms with Crippen molar-refractivity contribution in [1.82, 2.24) is 13.9 Å². The van der Waals surface area contributed by atoms with Gasteiger partial charge >= 0.3 is 5.97 Å². The molecule has 0 aliphatic carbocycles. The smallest absolute Gasteiger partial charge is 0.322 e. The molecule has 8 nitrogen and oxygen atoms in total. The molecule has 0 spiro atoms. The van der Waals surface area contributed by atoms with E-state index in [2.05, 4.69) is 4.98 Å². The van der Waals surface area contributed by atoms with Gasteiger partial charge in [0.25, 0.3) is 5.56 Å². The van der Waals surface area contributed by atoms with E-state index in [1.165, 1.54) is 31.4 Å². The maximum Gasteiger partial charge on any atom is 0.322 e. The summed E-state index contributed by atoms with van der Waals surface area (Å²) in [4.78, 5) is 27.9. The third kappa shape index (κ3) is 4.91. The number of aliphatic carboxylic acids is 1. The molecule has 1 aromatic carbocycles. The predicted octanol–water partition coefficient (Wildman–Crippen LogP) is 1.97. The number of sulfonamides is 1. The van der Waals surface area contributed by atoms with Crippen LogP contribution in [0.25, 0.3) is 0 Å². The third-order valence-electron chi connectivity index (χ3n) is 5.10. The Bertz CT molecular complexity index is 1020. The Morgan fingerprint density at radius 2 is 1.83 bits per heavy atom. The van der Waals surface area contributed by atoms with E-state index in [-0.39, 0.29) is 22.9 Å². The second kappa shape index (κ2) is 9.32. The van der Waals surface area contributed by atoms with E-state index in [9.17, 15) is 23.1 Å². The first-order chi connectivity index (χ1) is 13.6. The summed E-state index contributed by atoms with van der Waals surface area (Å²) in [5.74, 6) is -0.867. The Morgan fingerprint density at radius 3 is 2.34 bits per heavy atom. The summed E-state index contributed by atoms with van der Waals surface area (Å²) < 4.78 is 28.3. The van der Waals surface area contributed by atoms with E-state index in [0.29, 0.717) is 18.7 Å².